The Hall–Kier alpha value is -3.01. The van der Waals surface area contributed by atoms with Gasteiger partial charge in [-0.05, 0) is 25.1 Å². The van der Waals surface area contributed by atoms with Gasteiger partial charge in [0.1, 0.15) is 12.4 Å². The number of carbonyl (C=O) groups excluding carboxylic acids is 1. The first kappa shape index (κ1) is 22.0. The minimum Gasteiger partial charge on any atom is -0.473 e. The fourth-order valence-electron chi connectivity index (χ4n) is 1.61. The summed E-state index contributed by atoms with van der Waals surface area (Å²) in [4.78, 5) is 8.94. The summed E-state index contributed by atoms with van der Waals surface area (Å²) in [7, 11) is 1.65. The van der Waals surface area contributed by atoms with Crippen molar-refractivity contribution in [2.45, 2.75) is 20.1 Å². The highest BCUT2D eigenvalue weighted by Crippen LogP contribution is 2.28. The van der Waals surface area contributed by atoms with Crippen LogP contribution in [0.1, 0.15) is 12.5 Å². The molecule has 0 unspecified atom stereocenters. The van der Waals surface area contributed by atoms with Crippen LogP contribution in [0, 0.1) is 10.8 Å². The van der Waals surface area contributed by atoms with Crippen LogP contribution in [0.5, 0.6) is 5.75 Å². The quantitative estimate of drug-likeness (QED) is 0.121. The van der Waals surface area contributed by atoms with Crippen LogP contribution in [-0.4, -0.2) is 32.2 Å². The molecule has 0 saturated carbocycles. The van der Waals surface area contributed by atoms with Crippen molar-refractivity contribution < 1.29 is 23.0 Å². The number of ether oxygens (including phenoxy) is 2. The number of anilines is 1. The van der Waals surface area contributed by atoms with Crippen LogP contribution in [-0.2, 0) is 16.1 Å². The molecule has 8 nitrogen and oxygen atoms in total. The van der Waals surface area contributed by atoms with Crippen molar-refractivity contribution in [3.63, 3.8) is 0 Å². The molecule has 0 aromatic heterocycles. The summed E-state index contributed by atoms with van der Waals surface area (Å²) in [5.41, 5.74) is 3.19. The van der Waals surface area contributed by atoms with Crippen LogP contribution in [0.15, 0.2) is 29.8 Å². The number of amides is 1. The zero-order valence-electron chi connectivity index (χ0n) is 13.8. The van der Waals surface area contributed by atoms with Gasteiger partial charge < -0.3 is 20.2 Å². The van der Waals surface area contributed by atoms with Crippen molar-refractivity contribution in [3.05, 3.63) is 35.4 Å². The zero-order valence-corrected chi connectivity index (χ0v) is 13.8. The summed E-state index contributed by atoms with van der Waals surface area (Å²) in [6.07, 6.45) is 2.85. The molecule has 0 heterocycles. The van der Waals surface area contributed by atoms with Crippen LogP contribution in [0.3, 0.4) is 0 Å². The number of nitrogens with two attached hydrogens (primary N) is 1. The largest absolute Gasteiger partial charge is 0.473 e. The normalized spacial score (nSPS) is 10.2. The van der Waals surface area contributed by atoms with Crippen molar-refractivity contribution in [1.82, 2.24) is 5.43 Å². The molecule has 0 aliphatic rings. The average molecular weight is 357 g/mol. The van der Waals surface area contributed by atoms with Gasteiger partial charge in [0.2, 0.25) is 12.3 Å². The Morgan fingerprint density at radius 1 is 1.44 bits per heavy atom. The van der Waals surface area contributed by atoms with Gasteiger partial charge >= 0.3 is 6.61 Å². The first-order valence-corrected chi connectivity index (χ1v) is 6.94. The predicted molar refractivity (Wildman–Crippen MR) is 91.1 cm³/mol. The molecule has 138 valence electrons. The summed E-state index contributed by atoms with van der Waals surface area (Å²) in [5, 5.41) is 17.5. The number of hydrogen-bond donors (Lipinski definition) is 5. The maximum atomic E-state index is 12.4. The number of hydrazine groups is 1. The number of carbonyl (C=O) groups is 1. The van der Waals surface area contributed by atoms with Crippen LogP contribution in [0.25, 0.3) is 0 Å². The summed E-state index contributed by atoms with van der Waals surface area (Å²) in [6.45, 7) is -1.41. The third-order valence-electron chi connectivity index (χ3n) is 2.74. The number of benzene rings is 1. The maximum absolute atomic E-state index is 12.4. The van der Waals surface area contributed by atoms with Crippen LogP contribution >= 0.6 is 0 Å². The zero-order chi connectivity index (χ0) is 19.2. The Morgan fingerprint density at radius 2 is 2.08 bits per heavy atom. The molecule has 0 spiro atoms. The van der Waals surface area contributed by atoms with Gasteiger partial charge in [-0.15, -0.1) is 0 Å². The lowest BCUT2D eigenvalue weighted by Gasteiger charge is -2.16. The first-order valence-electron chi connectivity index (χ1n) is 6.94. The lowest BCUT2D eigenvalue weighted by Crippen LogP contribution is -2.18. The summed E-state index contributed by atoms with van der Waals surface area (Å²) < 4.78 is 34.5. The molecule has 25 heavy (non-hydrogen) atoms. The van der Waals surface area contributed by atoms with Gasteiger partial charge in [0.15, 0.2) is 0 Å². The molecule has 1 rings (SSSR count). The fourth-order valence-corrected chi connectivity index (χ4v) is 1.61. The summed E-state index contributed by atoms with van der Waals surface area (Å²) in [6, 6.07) is 4.69. The average Bonchev–Trinajstić information content (AvgIpc) is 2.60. The van der Waals surface area contributed by atoms with Crippen molar-refractivity contribution in [2.24, 2.45) is 5.84 Å². The van der Waals surface area contributed by atoms with E-state index in [4.69, 9.17) is 20.3 Å². The van der Waals surface area contributed by atoms with E-state index in [-0.39, 0.29) is 18.3 Å². The van der Waals surface area contributed by atoms with E-state index < -0.39 is 6.61 Å². The number of rotatable bonds is 8. The van der Waals surface area contributed by atoms with Crippen LogP contribution in [0.4, 0.5) is 14.5 Å². The molecular formula is C15H21F2N5O3. The molecule has 1 amide bonds. The predicted octanol–water partition coefficient (Wildman–Crippen LogP) is 2.03. The minimum absolute atomic E-state index is 0.00154. The Bertz CT molecular complexity index is 609. The Balaban J connectivity index is 0.00000129. The van der Waals surface area contributed by atoms with Gasteiger partial charge in [0.25, 0.3) is 0 Å². The number of halogens is 2. The van der Waals surface area contributed by atoms with E-state index in [1.54, 1.807) is 31.5 Å². The van der Waals surface area contributed by atoms with Gasteiger partial charge in [0, 0.05) is 24.5 Å². The Kier molecular flexibility index (Phi) is 10.9. The first-order chi connectivity index (χ1) is 11.9. The molecule has 6 N–H and O–H groups in total. The molecule has 1 aromatic carbocycles. The molecule has 10 heteroatoms. The van der Waals surface area contributed by atoms with E-state index in [1.165, 1.54) is 12.1 Å². The topological polar surface area (TPSA) is 133 Å². The second-order valence-corrected chi connectivity index (χ2v) is 4.33. The standard InChI is InChI=1S/C14H17F2N3O2.CH4N2O/c1-9(6-7-17)13(18)20-8-10-11(19-2)4-3-5-12(10)21-14(15)16;2-3-1-4/h3-7,14,17-19H,8H2,1-2H3;1H,2H2,(H,3,4)/b9-6-,17-7?,18-13?;. The van der Waals surface area contributed by atoms with Gasteiger partial charge in [-0.25, -0.2) is 5.84 Å². The summed E-state index contributed by atoms with van der Waals surface area (Å²) in [5.74, 6) is 4.28. The molecule has 0 aliphatic heterocycles. The second kappa shape index (κ2) is 12.4. The molecule has 0 fully saturated rings. The third-order valence-corrected chi connectivity index (χ3v) is 2.74. The molecule has 1 aromatic rings. The second-order valence-electron chi connectivity index (χ2n) is 4.33. The van der Waals surface area contributed by atoms with E-state index in [0.29, 0.717) is 23.2 Å². The van der Waals surface area contributed by atoms with E-state index in [9.17, 15) is 8.78 Å². The highest BCUT2D eigenvalue weighted by atomic mass is 19.3. The third kappa shape index (κ3) is 8.42. The van der Waals surface area contributed by atoms with Gasteiger partial charge in [-0.2, -0.15) is 8.78 Å². The SMILES string of the molecule is CNc1cccc(OC(F)F)c1COC(=N)/C(C)=C\C=N.NNC=O. The lowest BCUT2D eigenvalue weighted by molar-refractivity contribution is -0.109. The minimum atomic E-state index is -2.94. The van der Waals surface area contributed by atoms with Crippen molar-refractivity contribution >= 4 is 24.2 Å². The van der Waals surface area contributed by atoms with Crippen molar-refractivity contribution in [2.75, 3.05) is 12.4 Å². The van der Waals surface area contributed by atoms with E-state index >= 15 is 0 Å². The monoisotopic (exact) mass is 357 g/mol. The van der Waals surface area contributed by atoms with Crippen molar-refractivity contribution in [3.8, 4) is 5.75 Å². The number of nitrogens with one attached hydrogen (secondary N) is 4. The van der Waals surface area contributed by atoms with Gasteiger partial charge in [-0.1, -0.05) is 6.07 Å². The molecule has 0 bridgehead atoms. The molecule has 0 radical (unpaired) electrons. The Morgan fingerprint density at radius 3 is 2.56 bits per heavy atom. The van der Waals surface area contributed by atoms with Crippen LogP contribution in [0.2, 0.25) is 0 Å². The molecule has 0 saturated heterocycles. The van der Waals surface area contributed by atoms with Crippen LogP contribution < -0.4 is 21.3 Å². The van der Waals surface area contributed by atoms with E-state index in [0.717, 1.165) is 6.21 Å². The van der Waals surface area contributed by atoms with Gasteiger partial charge in [0.05, 0.1) is 5.56 Å². The molecule has 0 aliphatic carbocycles. The number of alkyl halides is 2. The van der Waals surface area contributed by atoms with E-state index in [1.807, 2.05) is 0 Å². The fraction of sp³-hybridized carbons (Fsp3) is 0.267. The van der Waals surface area contributed by atoms with Crippen molar-refractivity contribution in [1.29, 1.82) is 10.8 Å². The molecule has 0 atom stereocenters. The smallest absolute Gasteiger partial charge is 0.387 e. The maximum Gasteiger partial charge on any atom is 0.387 e. The van der Waals surface area contributed by atoms with E-state index in [2.05, 4.69) is 15.9 Å². The highest BCUT2D eigenvalue weighted by molar-refractivity contribution is 5.94. The highest BCUT2D eigenvalue weighted by Gasteiger charge is 2.14. The number of allylic oxidation sites excluding steroid dienone is 1. The number of hydrogen-bond acceptors (Lipinski definition) is 7. The summed E-state index contributed by atoms with van der Waals surface area (Å²) >= 11 is 0. The Labute approximate surface area is 144 Å². The molecular weight excluding hydrogens is 336 g/mol. The van der Waals surface area contributed by atoms with Gasteiger partial charge in [-0.3, -0.25) is 15.6 Å². The lowest BCUT2D eigenvalue weighted by atomic mass is 10.1.